The predicted octanol–water partition coefficient (Wildman–Crippen LogP) is 4.38. The molecule has 0 atom stereocenters. The van der Waals surface area contributed by atoms with E-state index in [0.717, 1.165) is 11.1 Å². The van der Waals surface area contributed by atoms with Crippen molar-refractivity contribution in [3.8, 4) is 0 Å². The van der Waals surface area contributed by atoms with Gasteiger partial charge in [0.25, 0.3) is 0 Å². The van der Waals surface area contributed by atoms with Gasteiger partial charge in [-0.15, -0.1) is 4.91 Å². The van der Waals surface area contributed by atoms with E-state index in [1.54, 1.807) is 6.07 Å². The van der Waals surface area contributed by atoms with E-state index in [2.05, 4.69) is 5.18 Å². The van der Waals surface area contributed by atoms with Crippen LogP contribution >= 0.6 is 11.6 Å². The molecule has 0 heterocycles. The number of nitroso groups, excluding NO2 is 1. The Balaban J connectivity index is 0.000000671. The van der Waals surface area contributed by atoms with Gasteiger partial charge in [0, 0.05) is 5.02 Å². The van der Waals surface area contributed by atoms with Gasteiger partial charge in [-0.05, 0) is 42.3 Å². The highest BCUT2D eigenvalue weighted by Crippen LogP contribution is 2.25. The molecule has 0 aliphatic heterocycles. The zero-order valence-electron chi connectivity index (χ0n) is 8.39. The fraction of sp³-hybridized carbons (Fsp3) is 0.400. The first-order valence-electron chi connectivity index (χ1n) is 4.25. The largest absolute Gasteiger partial charge is 0.145 e. The second-order valence-corrected chi connectivity index (χ2v) is 2.89. The van der Waals surface area contributed by atoms with Crippen molar-refractivity contribution in [1.29, 1.82) is 0 Å². The molecule has 0 radical (unpaired) electrons. The molecule has 0 unspecified atom stereocenters. The van der Waals surface area contributed by atoms with Crippen molar-refractivity contribution in [2.45, 2.75) is 27.7 Å². The molecule has 0 aliphatic rings. The lowest BCUT2D eigenvalue weighted by Gasteiger charge is -2.01. The topological polar surface area (TPSA) is 29.4 Å². The maximum Gasteiger partial charge on any atom is 0.112 e. The first-order valence-corrected chi connectivity index (χ1v) is 4.63. The average Bonchev–Trinajstić information content (AvgIpc) is 2.14. The average molecular weight is 200 g/mol. The molecule has 0 aliphatic carbocycles. The van der Waals surface area contributed by atoms with Crippen LogP contribution in [0.1, 0.15) is 25.0 Å². The lowest BCUT2D eigenvalue weighted by molar-refractivity contribution is 1.30. The number of aryl methyl sites for hydroxylation is 1. The highest BCUT2D eigenvalue weighted by Gasteiger charge is 2.02. The molecule has 1 rings (SSSR count). The summed E-state index contributed by atoms with van der Waals surface area (Å²) in [6.07, 6.45) is 0. The van der Waals surface area contributed by atoms with Gasteiger partial charge < -0.3 is 0 Å². The molecule has 0 saturated heterocycles. The van der Waals surface area contributed by atoms with Crippen molar-refractivity contribution >= 4 is 17.3 Å². The standard InChI is InChI=1S/C8H8ClNO.C2H6/c1-5-3-7(9)4-8(10-11)6(5)2;1-2/h3-4H,1-2H3;1-2H3. The van der Waals surface area contributed by atoms with Gasteiger partial charge in [0.1, 0.15) is 5.69 Å². The summed E-state index contributed by atoms with van der Waals surface area (Å²) in [6.45, 7) is 7.75. The van der Waals surface area contributed by atoms with E-state index < -0.39 is 0 Å². The summed E-state index contributed by atoms with van der Waals surface area (Å²) >= 11 is 5.70. The van der Waals surface area contributed by atoms with Crippen molar-refractivity contribution in [3.63, 3.8) is 0 Å². The van der Waals surface area contributed by atoms with Crippen LogP contribution in [0.5, 0.6) is 0 Å². The highest BCUT2D eigenvalue weighted by atomic mass is 35.5. The van der Waals surface area contributed by atoms with E-state index in [-0.39, 0.29) is 0 Å². The summed E-state index contributed by atoms with van der Waals surface area (Å²) in [6, 6.07) is 3.38. The molecular formula is C10H14ClNO. The fourth-order valence-electron chi connectivity index (χ4n) is 0.892. The normalized spacial score (nSPS) is 8.69. The Kier molecular flexibility index (Phi) is 5.31. The molecule has 0 spiro atoms. The van der Waals surface area contributed by atoms with Crippen molar-refractivity contribution in [1.82, 2.24) is 0 Å². The summed E-state index contributed by atoms with van der Waals surface area (Å²) in [7, 11) is 0. The Labute approximate surface area is 83.9 Å². The van der Waals surface area contributed by atoms with E-state index in [0.29, 0.717) is 10.7 Å². The van der Waals surface area contributed by atoms with Crippen molar-refractivity contribution < 1.29 is 0 Å². The maximum absolute atomic E-state index is 10.2. The molecular weight excluding hydrogens is 186 g/mol. The number of hydrogen-bond acceptors (Lipinski definition) is 2. The first kappa shape index (κ1) is 12.1. The molecule has 1 aromatic rings. The third-order valence-corrected chi connectivity index (χ3v) is 1.92. The van der Waals surface area contributed by atoms with Crippen molar-refractivity contribution in [3.05, 3.63) is 33.2 Å². The van der Waals surface area contributed by atoms with Gasteiger partial charge in [-0.2, -0.15) is 0 Å². The minimum Gasteiger partial charge on any atom is -0.145 e. The van der Waals surface area contributed by atoms with Crippen LogP contribution in [0.2, 0.25) is 5.02 Å². The fourth-order valence-corrected chi connectivity index (χ4v) is 1.16. The molecule has 0 saturated carbocycles. The molecule has 0 bridgehead atoms. The monoisotopic (exact) mass is 199 g/mol. The van der Waals surface area contributed by atoms with Crippen LogP contribution in [-0.4, -0.2) is 0 Å². The van der Waals surface area contributed by atoms with Gasteiger partial charge in [0.15, 0.2) is 0 Å². The second-order valence-electron chi connectivity index (χ2n) is 2.46. The van der Waals surface area contributed by atoms with Gasteiger partial charge >= 0.3 is 0 Å². The van der Waals surface area contributed by atoms with Crippen LogP contribution in [0.25, 0.3) is 0 Å². The third-order valence-electron chi connectivity index (χ3n) is 1.70. The van der Waals surface area contributed by atoms with Gasteiger partial charge in [0.05, 0.1) is 0 Å². The number of rotatable bonds is 1. The minimum absolute atomic E-state index is 0.426. The van der Waals surface area contributed by atoms with Crippen LogP contribution in [0, 0.1) is 18.8 Å². The lowest BCUT2D eigenvalue weighted by Crippen LogP contribution is -1.80. The summed E-state index contributed by atoms with van der Waals surface area (Å²) in [5.41, 5.74) is 2.31. The van der Waals surface area contributed by atoms with E-state index in [1.165, 1.54) is 0 Å². The number of hydrogen-bond donors (Lipinski definition) is 0. The van der Waals surface area contributed by atoms with E-state index in [1.807, 2.05) is 33.8 Å². The molecule has 1 aromatic carbocycles. The molecule has 2 nitrogen and oxygen atoms in total. The Hall–Kier alpha value is -0.890. The summed E-state index contributed by atoms with van der Waals surface area (Å²) < 4.78 is 0. The molecule has 13 heavy (non-hydrogen) atoms. The molecule has 0 N–H and O–H groups in total. The predicted molar refractivity (Wildman–Crippen MR) is 57.7 cm³/mol. The Morgan fingerprint density at radius 1 is 1.23 bits per heavy atom. The lowest BCUT2D eigenvalue weighted by atomic mass is 10.1. The maximum atomic E-state index is 10.2. The third kappa shape index (κ3) is 3.15. The first-order chi connectivity index (χ1) is 6.15. The molecule has 0 amide bonds. The molecule has 0 fully saturated rings. The number of halogens is 1. The van der Waals surface area contributed by atoms with Crippen LogP contribution in [0.3, 0.4) is 0 Å². The molecule has 3 heteroatoms. The zero-order valence-corrected chi connectivity index (χ0v) is 9.14. The Bertz CT molecular complexity index is 297. The molecule has 0 aromatic heterocycles. The Morgan fingerprint density at radius 2 is 1.77 bits per heavy atom. The van der Waals surface area contributed by atoms with Crippen molar-refractivity contribution in [2.75, 3.05) is 0 Å². The van der Waals surface area contributed by atoms with Crippen molar-refractivity contribution in [2.24, 2.45) is 5.18 Å². The van der Waals surface area contributed by atoms with Crippen LogP contribution in [0.4, 0.5) is 5.69 Å². The zero-order chi connectivity index (χ0) is 10.4. The summed E-state index contributed by atoms with van der Waals surface area (Å²) in [5, 5.41) is 3.42. The minimum atomic E-state index is 0.426. The van der Waals surface area contributed by atoms with E-state index in [9.17, 15) is 4.91 Å². The van der Waals surface area contributed by atoms with Crippen LogP contribution in [-0.2, 0) is 0 Å². The number of benzene rings is 1. The Morgan fingerprint density at radius 3 is 2.23 bits per heavy atom. The van der Waals surface area contributed by atoms with Gasteiger partial charge in [-0.25, -0.2) is 0 Å². The molecule has 72 valence electrons. The van der Waals surface area contributed by atoms with Gasteiger partial charge in [0.2, 0.25) is 0 Å². The van der Waals surface area contributed by atoms with Crippen LogP contribution < -0.4 is 0 Å². The van der Waals surface area contributed by atoms with Gasteiger partial charge in [-0.3, -0.25) is 0 Å². The SMILES string of the molecule is CC.Cc1cc(Cl)cc(N=O)c1C. The summed E-state index contributed by atoms with van der Waals surface area (Å²) in [4.78, 5) is 10.2. The summed E-state index contributed by atoms with van der Waals surface area (Å²) in [5.74, 6) is 0. The smallest absolute Gasteiger partial charge is 0.112 e. The van der Waals surface area contributed by atoms with E-state index >= 15 is 0 Å². The van der Waals surface area contributed by atoms with Gasteiger partial charge in [-0.1, -0.05) is 25.4 Å². The van der Waals surface area contributed by atoms with E-state index in [4.69, 9.17) is 11.6 Å². The quantitative estimate of drug-likeness (QED) is 0.617. The highest BCUT2D eigenvalue weighted by molar-refractivity contribution is 6.30. The second kappa shape index (κ2) is 5.70. The number of nitrogens with zero attached hydrogens (tertiary/aromatic N) is 1. The van der Waals surface area contributed by atoms with Crippen LogP contribution in [0.15, 0.2) is 17.3 Å².